The van der Waals surface area contributed by atoms with Crippen LogP contribution in [0.4, 0.5) is 0 Å². The zero-order valence-electron chi connectivity index (χ0n) is 11.7. The van der Waals surface area contributed by atoms with Crippen LogP contribution >= 0.6 is 0 Å². The van der Waals surface area contributed by atoms with Gasteiger partial charge in [0.25, 0.3) is 0 Å². The average Bonchev–Trinajstić information content (AvgIpc) is 2.34. The second kappa shape index (κ2) is 6.08. The lowest BCUT2D eigenvalue weighted by Crippen LogP contribution is -2.63. The van der Waals surface area contributed by atoms with E-state index in [9.17, 15) is 0 Å². The first-order chi connectivity index (χ1) is 7.86. The molecule has 4 nitrogen and oxygen atoms in total. The maximum absolute atomic E-state index is 5.64. The topological polar surface area (TPSA) is 36.9 Å². The SMILES string of the molecule is C=C[Si](OC)(OC)C(C)(C)[Si](C=C)(OC)OC. The van der Waals surface area contributed by atoms with Crippen molar-refractivity contribution in [1.29, 1.82) is 0 Å². The molecule has 6 heteroatoms. The fourth-order valence-electron chi connectivity index (χ4n) is 2.27. The second-order valence-electron chi connectivity index (χ2n) is 4.18. The third-order valence-corrected chi connectivity index (χ3v) is 12.6. The van der Waals surface area contributed by atoms with Crippen molar-refractivity contribution >= 4 is 17.1 Å². The molecule has 0 saturated carbocycles. The zero-order valence-corrected chi connectivity index (χ0v) is 13.7. The molecule has 0 aromatic heterocycles. The van der Waals surface area contributed by atoms with Gasteiger partial charge in [-0.3, -0.25) is 0 Å². The van der Waals surface area contributed by atoms with E-state index < -0.39 is 21.8 Å². The lowest BCUT2D eigenvalue weighted by atomic mass is 10.5. The summed E-state index contributed by atoms with van der Waals surface area (Å²) in [6.07, 6.45) is 0. The van der Waals surface area contributed by atoms with Crippen molar-refractivity contribution in [3.05, 3.63) is 24.6 Å². The summed E-state index contributed by atoms with van der Waals surface area (Å²) in [5.74, 6) is 0. The van der Waals surface area contributed by atoms with Crippen molar-refractivity contribution in [2.45, 2.75) is 18.5 Å². The molecule has 0 spiro atoms. The first kappa shape index (κ1) is 16.8. The monoisotopic (exact) mass is 276 g/mol. The predicted molar refractivity (Wildman–Crippen MR) is 74.0 cm³/mol. The summed E-state index contributed by atoms with van der Waals surface area (Å²) in [4.78, 5) is 0. The third-order valence-electron chi connectivity index (χ3n) is 3.49. The van der Waals surface area contributed by atoms with E-state index >= 15 is 0 Å². The highest BCUT2D eigenvalue weighted by molar-refractivity contribution is 6.95. The Balaban J connectivity index is 5.77. The largest absolute Gasteiger partial charge is 0.394 e. The quantitative estimate of drug-likeness (QED) is 0.637. The van der Waals surface area contributed by atoms with Gasteiger partial charge in [-0.1, -0.05) is 13.8 Å². The molecule has 0 unspecified atom stereocenters. The van der Waals surface area contributed by atoms with Crippen LogP contribution < -0.4 is 0 Å². The molecule has 0 fully saturated rings. The van der Waals surface area contributed by atoms with Crippen LogP contribution in [0.15, 0.2) is 24.6 Å². The molecule has 0 aliphatic carbocycles. The maximum atomic E-state index is 5.64. The molecule has 100 valence electrons. The predicted octanol–water partition coefficient (Wildman–Crippen LogP) is 2.23. The minimum atomic E-state index is -2.64. The molecule has 0 atom stereocenters. The van der Waals surface area contributed by atoms with Gasteiger partial charge in [0.15, 0.2) is 0 Å². The number of hydrogen-bond donors (Lipinski definition) is 0. The normalized spacial score (nSPS) is 13.5. The van der Waals surface area contributed by atoms with Gasteiger partial charge in [0, 0.05) is 28.4 Å². The molecule has 0 amide bonds. The van der Waals surface area contributed by atoms with Gasteiger partial charge >= 0.3 is 17.1 Å². The average molecular weight is 276 g/mol. The van der Waals surface area contributed by atoms with E-state index in [1.807, 2.05) is 13.8 Å². The van der Waals surface area contributed by atoms with E-state index in [1.165, 1.54) is 0 Å². The Morgan fingerprint density at radius 3 is 1.12 bits per heavy atom. The molecule has 0 aliphatic heterocycles. The fourth-order valence-corrected chi connectivity index (χ4v) is 10.1. The Hall–Kier alpha value is -0.246. The van der Waals surface area contributed by atoms with Gasteiger partial charge in [-0.15, -0.1) is 13.2 Å². The van der Waals surface area contributed by atoms with Crippen LogP contribution in [0, 0.1) is 0 Å². The zero-order chi connectivity index (χ0) is 13.7. The highest BCUT2D eigenvalue weighted by Gasteiger charge is 2.64. The van der Waals surface area contributed by atoms with Crippen LogP contribution in [0.1, 0.15) is 13.8 Å². The van der Waals surface area contributed by atoms with Crippen LogP contribution in [0.5, 0.6) is 0 Å². The minimum Gasteiger partial charge on any atom is -0.394 e. The summed E-state index contributed by atoms with van der Waals surface area (Å²) in [7, 11) is 1.25. The van der Waals surface area contributed by atoms with Crippen LogP contribution in [0.25, 0.3) is 0 Å². The van der Waals surface area contributed by atoms with Crippen molar-refractivity contribution in [2.75, 3.05) is 28.4 Å². The van der Waals surface area contributed by atoms with Gasteiger partial charge in [0.05, 0.1) is 4.66 Å². The molecule has 0 N–H and O–H groups in total. The third kappa shape index (κ3) is 2.33. The van der Waals surface area contributed by atoms with Gasteiger partial charge in [0.1, 0.15) is 0 Å². The summed E-state index contributed by atoms with van der Waals surface area (Å²) < 4.78 is 22.1. The number of rotatable bonds is 8. The van der Waals surface area contributed by atoms with E-state index in [0.717, 1.165) is 0 Å². The van der Waals surface area contributed by atoms with E-state index in [2.05, 4.69) is 13.2 Å². The van der Waals surface area contributed by atoms with Gasteiger partial charge in [0.2, 0.25) is 0 Å². The Labute approximate surface area is 107 Å². The van der Waals surface area contributed by atoms with Gasteiger partial charge in [-0.2, -0.15) is 0 Å². The van der Waals surface area contributed by atoms with Crippen molar-refractivity contribution in [1.82, 2.24) is 0 Å². The Bertz CT molecular complexity index is 245. The molecule has 17 heavy (non-hydrogen) atoms. The van der Waals surface area contributed by atoms with E-state index in [0.29, 0.717) is 0 Å². The fraction of sp³-hybridized carbons (Fsp3) is 0.636. The molecular weight excluding hydrogens is 252 g/mol. The molecule has 0 aromatic carbocycles. The first-order valence-corrected chi connectivity index (χ1v) is 9.13. The first-order valence-electron chi connectivity index (χ1n) is 5.34. The smallest absolute Gasteiger partial charge is 0.372 e. The molecule has 0 bridgehead atoms. The standard InChI is InChI=1S/C11H24O4Si2/c1-9-16(12-5,13-6)11(3,4)17(10-2,14-7)15-8/h9-10H,1-2H2,3-8H3. The highest BCUT2D eigenvalue weighted by Crippen LogP contribution is 2.47. The van der Waals surface area contributed by atoms with Crippen molar-refractivity contribution < 1.29 is 17.7 Å². The minimum absolute atomic E-state index is 0.420. The van der Waals surface area contributed by atoms with Gasteiger partial charge in [-0.05, 0) is 11.4 Å². The molecule has 0 rings (SSSR count). The summed E-state index contributed by atoms with van der Waals surface area (Å²) in [5, 5.41) is 0. The van der Waals surface area contributed by atoms with Crippen LogP contribution in [0.3, 0.4) is 0 Å². The lowest BCUT2D eigenvalue weighted by molar-refractivity contribution is 0.197. The molecule has 0 heterocycles. The van der Waals surface area contributed by atoms with Crippen LogP contribution in [0.2, 0.25) is 4.66 Å². The van der Waals surface area contributed by atoms with E-state index in [1.54, 1.807) is 39.8 Å². The van der Waals surface area contributed by atoms with Crippen molar-refractivity contribution in [3.63, 3.8) is 0 Å². The Kier molecular flexibility index (Phi) is 5.99. The summed E-state index contributed by atoms with van der Waals surface area (Å²) in [6.45, 7) is 11.7. The molecule has 0 saturated heterocycles. The van der Waals surface area contributed by atoms with Crippen LogP contribution in [-0.2, 0) is 17.7 Å². The van der Waals surface area contributed by atoms with Crippen LogP contribution in [-0.4, -0.2) is 45.6 Å². The van der Waals surface area contributed by atoms with Crippen molar-refractivity contribution in [2.24, 2.45) is 0 Å². The maximum Gasteiger partial charge on any atom is 0.372 e. The second-order valence-corrected chi connectivity index (χ2v) is 12.3. The van der Waals surface area contributed by atoms with Gasteiger partial charge in [-0.25, -0.2) is 0 Å². The van der Waals surface area contributed by atoms with Crippen molar-refractivity contribution in [3.8, 4) is 0 Å². The lowest BCUT2D eigenvalue weighted by Gasteiger charge is -2.46. The molecular formula is C11H24O4Si2. The summed E-state index contributed by atoms with van der Waals surface area (Å²) in [6, 6.07) is 0. The molecule has 0 radical (unpaired) electrons. The summed E-state index contributed by atoms with van der Waals surface area (Å²) in [5.41, 5.74) is 3.52. The van der Waals surface area contributed by atoms with E-state index in [4.69, 9.17) is 17.7 Å². The van der Waals surface area contributed by atoms with Gasteiger partial charge < -0.3 is 17.7 Å². The highest BCUT2D eigenvalue weighted by atomic mass is 28.4. The Morgan fingerprint density at radius 2 is 1.00 bits per heavy atom. The summed E-state index contributed by atoms with van der Waals surface area (Å²) >= 11 is 0. The molecule has 0 aliphatic rings. The van der Waals surface area contributed by atoms with E-state index in [-0.39, 0.29) is 0 Å². The Morgan fingerprint density at radius 1 is 0.765 bits per heavy atom. The number of hydrogen-bond acceptors (Lipinski definition) is 4. The molecule has 0 aromatic rings.